The third-order valence-corrected chi connectivity index (χ3v) is 6.78. The largest absolute Gasteiger partial charge is 0.395 e. The van der Waals surface area contributed by atoms with Crippen molar-refractivity contribution in [3.63, 3.8) is 0 Å². The van der Waals surface area contributed by atoms with Gasteiger partial charge in [-0.25, -0.2) is 0 Å². The summed E-state index contributed by atoms with van der Waals surface area (Å²) in [6, 6.07) is 8.71. The Hall–Kier alpha value is -0.160. The van der Waals surface area contributed by atoms with E-state index in [-0.39, 0.29) is 23.7 Å². The van der Waals surface area contributed by atoms with Crippen molar-refractivity contribution in [3.8, 4) is 0 Å². The lowest BCUT2D eigenvalue weighted by Crippen LogP contribution is -2.22. The van der Waals surface area contributed by atoms with E-state index in [1.807, 2.05) is 0 Å². The molecule has 0 aromatic heterocycles. The van der Waals surface area contributed by atoms with Gasteiger partial charge in [0.25, 0.3) is 0 Å². The second-order valence-electron chi connectivity index (χ2n) is 4.87. The molecule has 100 valence electrons. The molecule has 2 rings (SSSR count). The van der Waals surface area contributed by atoms with E-state index < -0.39 is 0 Å². The van der Waals surface area contributed by atoms with E-state index in [1.165, 1.54) is 11.1 Å². The van der Waals surface area contributed by atoms with Crippen molar-refractivity contribution < 1.29 is 10.2 Å². The van der Waals surface area contributed by atoms with Crippen LogP contribution in [0, 0.1) is 0 Å². The monoisotopic (exact) mass is 284 g/mol. The van der Waals surface area contributed by atoms with E-state index in [2.05, 4.69) is 38.1 Å². The molecule has 1 saturated heterocycles. The SMILES string of the molecule is CC(C)c1ccc(C2SC(CO)C(CO)S2)cc1. The Bertz CT molecular complexity index is 366. The highest BCUT2D eigenvalue weighted by Gasteiger charge is 2.35. The maximum atomic E-state index is 9.30. The first kappa shape index (κ1) is 14.3. The molecule has 0 spiro atoms. The van der Waals surface area contributed by atoms with Gasteiger partial charge in [-0.1, -0.05) is 38.1 Å². The minimum atomic E-state index is 0.142. The zero-order valence-electron chi connectivity index (χ0n) is 10.7. The minimum absolute atomic E-state index is 0.142. The van der Waals surface area contributed by atoms with Crippen LogP contribution in [0.4, 0.5) is 0 Å². The Morgan fingerprint density at radius 3 is 1.89 bits per heavy atom. The van der Waals surface area contributed by atoms with Gasteiger partial charge in [-0.15, -0.1) is 23.5 Å². The third kappa shape index (κ3) is 3.05. The van der Waals surface area contributed by atoms with Gasteiger partial charge in [0.15, 0.2) is 0 Å². The van der Waals surface area contributed by atoms with Gasteiger partial charge in [0.2, 0.25) is 0 Å². The van der Waals surface area contributed by atoms with Gasteiger partial charge in [-0.2, -0.15) is 0 Å². The molecule has 2 unspecified atom stereocenters. The fourth-order valence-corrected chi connectivity index (χ4v) is 5.50. The van der Waals surface area contributed by atoms with Crippen molar-refractivity contribution in [2.75, 3.05) is 13.2 Å². The van der Waals surface area contributed by atoms with E-state index in [4.69, 9.17) is 0 Å². The third-order valence-electron chi connectivity index (χ3n) is 3.25. The summed E-state index contributed by atoms with van der Waals surface area (Å²) in [6.07, 6.45) is 0. The van der Waals surface area contributed by atoms with Crippen molar-refractivity contribution in [2.24, 2.45) is 0 Å². The van der Waals surface area contributed by atoms with Crippen LogP contribution in [0.5, 0.6) is 0 Å². The molecular weight excluding hydrogens is 264 g/mol. The van der Waals surface area contributed by atoms with E-state index in [0.717, 1.165) is 0 Å². The van der Waals surface area contributed by atoms with Gasteiger partial charge in [0.1, 0.15) is 0 Å². The number of thioether (sulfide) groups is 2. The summed E-state index contributed by atoms with van der Waals surface area (Å²) in [7, 11) is 0. The molecule has 1 aromatic carbocycles. The summed E-state index contributed by atoms with van der Waals surface area (Å²) in [5.74, 6) is 0.554. The smallest absolute Gasteiger partial charge is 0.0759 e. The molecule has 1 fully saturated rings. The number of aliphatic hydroxyl groups excluding tert-OH is 2. The maximum absolute atomic E-state index is 9.30. The summed E-state index contributed by atoms with van der Waals surface area (Å²) < 4.78 is 0.334. The van der Waals surface area contributed by atoms with E-state index in [0.29, 0.717) is 10.5 Å². The van der Waals surface area contributed by atoms with Crippen LogP contribution >= 0.6 is 23.5 Å². The Morgan fingerprint density at radius 1 is 1.00 bits per heavy atom. The first-order valence-corrected chi connectivity index (χ1v) is 8.16. The first-order valence-electron chi connectivity index (χ1n) is 6.28. The van der Waals surface area contributed by atoms with Crippen LogP contribution in [-0.2, 0) is 0 Å². The van der Waals surface area contributed by atoms with E-state index in [1.54, 1.807) is 23.5 Å². The van der Waals surface area contributed by atoms with Gasteiger partial charge in [-0.3, -0.25) is 0 Å². The maximum Gasteiger partial charge on any atom is 0.0759 e. The highest BCUT2D eigenvalue weighted by molar-refractivity contribution is 8.20. The van der Waals surface area contributed by atoms with Crippen molar-refractivity contribution >= 4 is 23.5 Å². The molecule has 0 aliphatic carbocycles. The molecule has 2 nitrogen and oxygen atoms in total. The summed E-state index contributed by atoms with van der Waals surface area (Å²) in [4.78, 5) is 0. The zero-order chi connectivity index (χ0) is 13.1. The molecule has 1 aromatic rings. The average Bonchev–Trinajstić information content (AvgIpc) is 2.82. The summed E-state index contributed by atoms with van der Waals surface area (Å²) in [5, 5.41) is 18.9. The van der Waals surface area contributed by atoms with Crippen LogP contribution in [0.3, 0.4) is 0 Å². The summed E-state index contributed by atoms with van der Waals surface area (Å²) in [6.45, 7) is 4.67. The van der Waals surface area contributed by atoms with Crippen LogP contribution in [0.25, 0.3) is 0 Å². The van der Waals surface area contributed by atoms with Gasteiger partial charge >= 0.3 is 0 Å². The molecule has 1 aliphatic rings. The van der Waals surface area contributed by atoms with Gasteiger partial charge in [0.05, 0.1) is 17.8 Å². The van der Waals surface area contributed by atoms with Gasteiger partial charge in [0, 0.05) is 10.5 Å². The molecule has 18 heavy (non-hydrogen) atoms. The van der Waals surface area contributed by atoms with Gasteiger partial charge in [-0.05, 0) is 17.0 Å². The average molecular weight is 284 g/mol. The fourth-order valence-electron chi connectivity index (χ4n) is 2.04. The van der Waals surface area contributed by atoms with Crippen molar-refractivity contribution in [2.45, 2.75) is 34.8 Å². The Labute approximate surface area is 117 Å². The second-order valence-corrected chi connectivity index (χ2v) is 7.86. The van der Waals surface area contributed by atoms with Crippen LogP contribution < -0.4 is 0 Å². The number of rotatable bonds is 4. The lowest BCUT2D eigenvalue weighted by molar-refractivity contribution is 0.254. The Balaban J connectivity index is 2.08. The number of hydrogen-bond acceptors (Lipinski definition) is 4. The molecule has 0 bridgehead atoms. The number of hydrogen-bond donors (Lipinski definition) is 2. The Kier molecular flexibility index (Phi) is 5.01. The molecule has 1 aliphatic heterocycles. The Morgan fingerprint density at radius 2 is 1.50 bits per heavy atom. The highest BCUT2D eigenvalue weighted by Crippen LogP contribution is 2.53. The van der Waals surface area contributed by atoms with Crippen LogP contribution in [-0.4, -0.2) is 33.9 Å². The molecule has 4 heteroatoms. The predicted molar refractivity (Wildman–Crippen MR) is 80.2 cm³/mol. The second kappa shape index (κ2) is 6.33. The fraction of sp³-hybridized carbons (Fsp3) is 0.571. The van der Waals surface area contributed by atoms with Crippen LogP contribution in [0.15, 0.2) is 24.3 Å². The normalized spacial score (nSPS) is 27.9. The number of aliphatic hydroxyl groups is 2. The topological polar surface area (TPSA) is 40.5 Å². The van der Waals surface area contributed by atoms with Crippen LogP contribution in [0.1, 0.15) is 35.5 Å². The molecule has 2 atom stereocenters. The van der Waals surface area contributed by atoms with E-state index >= 15 is 0 Å². The summed E-state index contributed by atoms with van der Waals surface area (Å²) >= 11 is 3.53. The molecule has 0 radical (unpaired) electrons. The minimum Gasteiger partial charge on any atom is -0.395 e. The standard InChI is InChI=1S/C14H20O2S2/c1-9(2)10-3-5-11(6-4-10)14-17-12(7-15)13(8-16)18-14/h3-6,9,12-16H,7-8H2,1-2H3. The summed E-state index contributed by atoms with van der Waals surface area (Å²) in [5.41, 5.74) is 2.63. The van der Waals surface area contributed by atoms with Crippen molar-refractivity contribution in [3.05, 3.63) is 35.4 Å². The highest BCUT2D eigenvalue weighted by atomic mass is 32.2. The quantitative estimate of drug-likeness (QED) is 0.892. The van der Waals surface area contributed by atoms with E-state index in [9.17, 15) is 10.2 Å². The molecule has 0 amide bonds. The van der Waals surface area contributed by atoms with Gasteiger partial charge < -0.3 is 10.2 Å². The first-order chi connectivity index (χ1) is 8.65. The predicted octanol–water partition coefficient (Wildman–Crippen LogP) is 3.01. The lowest BCUT2D eigenvalue weighted by Gasteiger charge is -2.11. The number of benzene rings is 1. The van der Waals surface area contributed by atoms with Crippen molar-refractivity contribution in [1.29, 1.82) is 0 Å². The molecule has 1 heterocycles. The van der Waals surface area contributed by atoms with Crippen LogP contribution in [0.2, 0.25) is 0 Å². The molecular formula is C14H20O2S2. The molecule has 0 saturated carbocycles. The lowest BCUT2D eigenvalue weighted by atomic mass is 10.0. The van der Waals surface area contributed by atoms with Crippen molar-refractivity contribution in [1.82, 2.24) is 0 Å². The zero-order valence-corrected chi connectivity index (χ0v) is 12.4. The molecule has 2 N–H and O–H groups in total.